The molecule has 7 nitrogen and oxygen atoms in total. The van der Waals surface area contributed by atoms with Crippen LogP contribution in [-0.4, -0.2) is 17.1 Å². The SMILES string of the molecule is CC(=O)Nc1c[n+](CC(N)=O)no1. The van der Waals surface area contributed by atoms with Crippen molar-refractivity contribution in [2.24, 2.45) is 5.73 Å². The predicted molar refractivity (Wildman–Crippen MR) is 40.2 cm³/mol. The molecule has 1 aromatic rings. The Morgan fingerprint density at radius 2 is 2.46 bits per heavy atom. The summed E-state index contributed by atoms with van der Waals surface area (Å²) in [7, 11) is 0. The maximum atomic E-state index is 10.5. The molecular weight excluding hydrogens is 176 g/mol. The molecule has 0 saturated carbocycles. The van der Waals surface area contributed by atoms with Gasteiger partial charge in [0.25, 0.3) is 18.6 Å². The number of hydrogen-bond acceptors (Lipinski definition) is 4. The highest BCUT2D eigenvalue weighted by atomic mass is 16.5. The molecule has 2 amide bonds. The van der Waals surface area contributed by atoms with Crippen LogP contribution in [0.2, 0.25) is 0 Å². The Bertz CT molecular complexity index is 302. The second kappa shape index (κ2) is 3.65. The Labute approximate surface area is 73.5 Å². The normalized spacial score (nSPS) is 9.62. The lowest BCUT2D eigenvalue weighted by atomic mass is 10.6. The maximum absolute atomic E-state index is 10.5. The number of primary amides is 1. The number of nitrogens with zero attached hydrogens (tertiary/aromatic N) is 2. The summed E-state index contributed by atoms with van der Waals surface area (Å²) in [6, 6.07) is 0. The molecule has 0 saturated heterocycles. The van der Waals surface area contributed by atoms with Crippen LogP contribution in [0.3, 0.4) is 0 Å². The first-order valence-corrected chi connectivity index (χ1v) is 3.50. The smallest absolute Gasteiger partial charge is 0.302 e. The van der Waals surface area contributed by atoms with E-state index in [9.17, 15) is 9.59 Å². The molecule has 1 rings (SSSR count). The molecular formula is C6H9N4O3+. The average molecular weight is 185 g/mol. The zero-order chi connectivity index (χ0) is 9.84. The van der Waals surface area contributed by atoms with Crippen molar-refractivity contribution in [1.29, 1.82) is 0 Å². The zero-order valence-electron chi connectivity index (χ0n) is 6.98. The zero-order valence-corrected chi connectivity index (χ0v) is 6.98. The summed E-state index contributed by atoms with van der Waals surface area (Å²) in [4.78, 5) is 21.0. The molecule has 0 radical (unpaired) electrons. The molecule has 1 heterocycles. The van der Waals surface area contributed by atoms with Crippen LogP contribution in [0.25, 0.3) is 0 Å². The van der Waals surface area contributed by atoms with Crippen LogP contribution in [0.4, 0.5) is 5.88 Å². The van der Waals surface area contributed by atoms with Crippen LogP contribution in [-0.2, 0) is 16.1 Å². The topological polar surface area (TPSA) is 102 Å². The van der Waals surface area contributed by atoms with Gasteiger partial charge in [0.2, 0.25) is 11.2 Å². The van der Waals surface area contributed by atoms with Gasteiger partial charge in [-0.05, 0) is 4.68 Å². The van der Waals surface area contributed by atoms with E-state index in [1.807, 2.05) is 0 Å². The van der Waals surface area contributed by atoms with Crippen LogP contribution in [0, 0.1) is 0 Å². The standard InChI is InChI=1S/C6H8N4O3/c1-4(11)8-6-3-10(9-13-6)2-5(7)12/h3H,2H2,1H3,(H2-,7,8,9,11,12)/p+1. The minimum atomic E-state index is -0.535. The Morgan fingerprint density at radius 1 is 1.77 bits per heavy atom. The van der Waals surface area contributed by atoms with Crippen LogP contribution in [0.1, 0.15) is 6.92 Å². The number of aromatic nitrogens is 2. The largest absolute Gasteiger partial charge is 0.364 e. The number of anilines is 1. The Balaban J connectivity index is 2.63. The molecule has 13 heavy (non-hydrogen) atoms. The maximum Gasteiger partial charge on any atom is 0.302 e. The van der Waals surface area contributed by atoms with Crippen molar-refractivity contribution in [2.75, 3.05) is 5.32 Å². The quantitative estimate of drug-likeness (QED) is 0.554. The number of nitrogens with two attached hydrogens (primary N) is 1. The third kappa shape index (κ3) is 2.89. The summed E-state index contributed by atoms with van der Waals surface area (Å²) in [6.45, 7) is 1.25. The predicted octanol–water partition coefficient (Wildman–Crippen LogP) is -1.59. The number of nitrogens with one attached hydrogen (secondary N) is 1. The van der Waals surface area contributed by atoms with E-state index in [1.165, 1.54) is 17.8 Å². The van der Waals surface area contributed by atoms with Crippen molar-refractivity contribution < 1.29 is 18.8 Å². The van der Waals surface area contributed by atoms with Crippen LogP contribution < -0.4 is 15.7 Å². The third-order valence-corrected chi connectivity index (χ3v) is 1.13. The number of carbonyl (C=O) groups excluding carboxylic acids is 2. The molecule has 0 fully saturated rings. The van der Waals surface area contributed by atoms with E-state index in [2.05, 4.69) is 15.1 Å². The van der Waals surface area contributed by atoms with Gasteiger partial charge in [0.1, 0.15) is 0 Å². The number of amides is 2. The van der Waals surface area contributed by atoms with E-state index in [1.54, 1.807) is 0 Å². The highest BCUT2D eigenvalue weighted by Crippen LogP contribution is 1.98. The third-order valence-electron chi connectivity index (χ3n) is 1.13. The Hall–Kier alpha value is -1.92. The molecule has 0 aliphatic carbocycles. The summed E-state index contributed by atoms with van der Waals surface area (Å²) in [6.07, 6.45) is 1.37. The van der Waals surface area contributed by atoms with Crippen LogP contribution in [0.5, 0.6) is 0 Å². The summed E-state index contributed by atoms with van der Waals surface area (Å²) < 4.78 is 5.84. The van der Waals surface area contributed by atoms with Crippen molar-refractivity contribution in [3.63, 3.8) is 0 Å². The summed E-state index contributed by atoms with van der Waals surface area (Å²) in [5, 5.41) is 5.79. The average Bonchev–Trinajstić information content (AvgIpc) is 2.33. The highest BCUT2D eigenvalue weighted by Gasteiger charge is 2.14. The molecule has 0 spiro atoms. The fourth-order valence-electron chi connectivity index (χ4n) is 0.742. The minimum Gasteiger partial charge on any atom is -0.364 e. The van der Waals surface area contributed by atoms with Gasteiger partial charge in [0, 0.05) is 6.92 Å². The molecule has 0 aromatic carbocycles. The van der Waals surface area contributed by atoms with Gasteiger partial charge in [-0.2, -0.15) is 0 Å². The van der Waals surface area contributed by atoms with Gasteiger partial charge >= 0.3 is 5.88 Å². The van der Waals surface area contributed by atoms with E-state index in [0.717, 1.165) is 0 Å². The second-order valence-corrected chi connectivity index (χ2v) is 2.41. The van der Waals surface area contributed by atoms with E-state index in [4.69, 9.17) is 5.73 Å². The molecule has 0 atom stereocenters. The Kier molecular flexibility index (Phi) is 2.58. The molecule has 1 aromatic heterocycles. The number of carbonyl (C=O) groups is 2. The van der Waals surface area contributed by atoms with Crippen molar-refractivity contribution >= 4 is 17.7 Å². The summed E-state index contributed by atoms with van der Waals surface area (Å²) >= 11 is 0. The van der Waals surface area contributed by atoms with Crippen LogP contribution in [0.15, 0.2) is 10.7 Å². The molecule has 3 N–H and O–H groups in total. The summed E-state index contributed by atoms with van der Waals surface area (Å²) in [5.41, 5.74) is 4.91. The second-order valence-electron chi connectivity index (χ2n) is 2.41. The fraction of sp³-hybridized carbons (Fsp3) is 0.333. The molecule has 70 valence electrons. The van der Waals surface area contributed by atoms with E-state index in [-0.39, 0.29) is 18.3 Å². The number of hydrogen-bond donors (Lipinski definition) is 2. The van der Waals surface area contributed by atoms with E-state index in [0.29, 0.717) is 0 Å². The molecule has 0 aliphatic heterocycles. The van der Waals surface area contributed by atoms with Crippen molar-refractivity contribution in [2.45, 2.75) is 13.5 Å². The first kappa shape index (κ1) is 9.17. The summed E-state index contributed by atoms with van der Waals surface area (Å²) in [5.74, 6) is -0.635. The minimum absolute atomic E-state index is 0.0803. The van der Waals surface area contributed by atoms with Gasteiger partial charge in [-0.25, -0.2) is 0 Å². The van der Waals surface area contributed by atoms with Gasteiger partial charge in [0.05, 0.1) is 0 Å². The first-order valence-electron chi connectivity index (χ1n) is 3.50. The lowest BCUT2D eigenvalue weighted by Crippen LogP contribution is -2.41. The van der Waals surface area contributed by atoms with Gasteiger partial charge in [-0.1, -0.05) is 0 Å². The van der Waals surface area contributed by atoms with E-state index < -0.39 is 5.91 Å². The van der Waals surface area contributed by atoms with Gasteiger partial charge in [0.15, 0.2) is 0 Å². The van der Waals surface area contributed by atoms with Crippen molar-refractivity contribution in [3.8, 4) is 0 Å². The van der Waals surface area contributed by atoms with Gasteiger partial charge < -0.3 is 5.73 Å². The molecule has 0 unspecified atom stereocenters. The van der Waals surface area contributed by atoms with Gasteiger partial charge in [-0.3, -0.25) is 19.4 Å². The fourth-order valence-corrected chi connectivity index (χ4v) is 0.742. The monoisotopic (exact) mass is 185 g/mol. The highest BCUT2D eigenvalue weighted by molar-refractivity contribution is 5.86. The van der Waals surface area contributed by atoms with Crippen LogP contribution >= 0.6 is 0 Å². The van der Waals surface area contributed by atoms with E-state index >= 15 is 0 Å². The lowest BCUT2D eigenvalue weighted by Gasteiger charge is -1.87. The Morgan fingerprint density at radius 3 is 3.00 bits per heavy atom. The molecule has 0 aliphatic rings. The molecule has 7 heteroatoms. The first-order chi connectivity index (χ1) is 6.08. The van der Waals surface area contributed by atoms with Crippen molar-refractivity contribution in [1.82, 2.24) is 5.27 Å². The number of rotatable bonds is 3. The molecule has 0 bridgehead atoms. The van der Waals surface area contributed by atoms with Crippen molar-refractivity contribution in [3.05, 3.63) is 6.20 Å². The lowest BCUT2D eigenvalue weighted by molar-refractivity contribution is -0.750. The van der Waals surface area contributed by atoms with Gasteiger partial charge in [-0.15, -0.1) is 0 Å².